The van der Waals surface area contributed by atoms with Gasteiger partial charge in [0.25, 0.3) is 7.82 Å². The number of carbonyl (C=O) groups is 2. The number of hydrogen-bond acceptors (Lipinski definition) is 7. The molecule has 3 atom stereocenters. The standard InChI is InChI=1S/C73H129N2O7P/c1-7-10-13-16-19-22-25-27-29-31-33-35-36-37-38-40-41-43-45-47-50-53-56-59-62-65-72(76)74-70(69-81-83(78,79)80-68-67-75(4,5)6)71(64-61-58-55-52-49-24-21-18-15-12-9-3)82-73(77)66-63-60-57-54-51-48-46-44-42-39-34-32-30-28-26-23-20-17-14-11-8-2/h11,14,19-20,22-23,27-30,33-35,39,44,46,61,64,70-71H,7-10,12-13,15-18,21,24-26,31-32,36-38,40-43,45,47-60,62-63,65-69H2,1-6H3,(H-,74,76,78,79)/b14-11-,22-19-,23-20-,29-27-,30-28-,35-33-,39-34-,46-44-,64-61-. The zero-order valence-electron chi connectivity index (χ0n) is 54.6. The van der Waals surface area contributed by atoms with Crippen molar-refractivity contribution in [3.8, 4) is 0 Å². The number of carbonyl (C=O) groups excluding carboxylic acids is 2. The molecular formula is C73H129N2O7P. The SMILES string of the molecule is CC/C=C\C/C=C\C/C=C\C/C=C\C/C=C\CCCCCCCC(=O)OC(/C=C\CCCCCCCCCCC)C(COP(=O)([O-])OCC[N+](C)(C)C)NC(=O)CCCCCCCCCCCCCC/C=C\C/C=C\C/C=C\CCCCC. The third kappa shape index (κ3) is 63.0. The summed E-state index contributed by atoms with van der Waals surface area (Å²) in [6, 6.07) is -0.905. The Balaban J connectivity index is 5.11. The van der Waals surface area contributed by atoms with Crippen molar-refractivity contribution in [2.75, 3.05) is 40.9 Å². The molecule has 10 heteroatoms. The van der Waals surface area contributed by atoms with Crippen LogP contribution in [0, 0.1) is 0 Å². The van der Waals surface area contributed by atoms with E-state index in [1.54, 1.807) is 0 Å². The minimum absolute atomic E-state index is 0.0308. The quantitative estimate of drug-likeness (QED) is 0.0212. The lowest BCUT2D eigenvalue weighted by Crippen LogP contribution is -2.47. The Morgan fingerprint density at radius 1 is 0.434 bits per heavy atom. The van der Waals surface area contributed by atoms with Crippen LogP contribution in [0.4, 0.5) is 0 Å². The summed E-state index contributed by atoms with van der Waals surface area (Å²) < 4.78 is 30.4. The summed E-state index contributed by atoms with van der Waals surface area (Å²) in [5, 5.41) is 3.03. The zero-order valence-corrected chi connectivity index (χ0v) is 55.5. The first kappa shape index (κ1) is 79.7. The van der Waals surface area contributed by atoms with Gasteiger partial charge in [0.05, 0.1) is 33.8 Å². The minimum atomic E-state index is -4.71. The predicted molar refractivity (Wildman–Crippen MR) is 357 cm³/mol. The summed E-state index contributed by atoms with van der Waals surface area (Å²) in [6.45, 7) is 6.69. The van der Waals surface area contributed by atoms with Gasteiger partial charge >= 0.3 is 5.97 Å². The van der Waals surface area contributed by atoms with E-state index in [4.69, 9.17) is 13.8 Å². The molecule has 0 rings (SSSR count). The van der Waals surface area contributed by atoms with Crippen molar-refractivity contribution in [1.29, 1.82) is 0 Å². The van der Waals surface area contributed by atoms with Gasteiger partial charge in [-0.05, 0) is 115 Å². The Morgan fingerprint density at radius 3 is 1.18 bits per heavy atom. The number of phosphoric acid groups is 1. The largest absolute Gasteiger partial charge is 0.756 e. The predicted octanol–water partition coefficient (Wildman–Crippen LogP) is 21.0. The van der Waals surface area contributed by atoms with Crippen LogP contribution in [-0.2, 0) is 27.9 Å². The van der Waals surface area contributed by atoms with Crippen molar-refractivity contribution in [2.45, 2.75) is 303 Å². The fourth-order valence-electron chi connectivity index (χ4n) is 9.44. The first-order chi connectivity index (χ1) is 40.4. The van der Waals surface area contributed by atoms with Crippen LogP contribution in [0.25, 0.3) is 0 Å². The van der Waals surface area contributed by atoms with Crippen molar-refractivity contribution in [2.24, 2.45) is 0 Å². The molecule has 478 valence electrons. The molecule has 0 spiro atoms. The second kappa shape index (κ2) is 61.7. The van der Waals surface area contributed by atoms with E-state index >= 15 is 0 Å². The van der Waals surface area contributed by atoms with E-state index < -0.39 is 26.6 Å². The van der Waals surface area contributed by atoms with Crippen molar-refractivity contribution in [3.63, 3.8) is 0 Å². The van der Waals surface area contributed by atoms with E-state index in [0.29, 0.717) is 23.9 Å². The number of unbranched alkanes of at least 4 members (excludes halogenated alkanes) is 29. The highest BCUT2D eigenvalue weighted by Gasteiger charge is 2.27. The maximum atomic E-state index is 13.6. The second-order valence-electron chi connectivity index (χ2n) is 23.9. The van der Waals surface area contributed by atoms with Gasteiger partial charge in [-0.3, -0.25) is 14.2 Å². The molecule has 1 amide bonds. The van der Waals surface area contributed by atoms with Crippen LogP contribution in [0.1, 0.15) is 290 Å². The number of amides is 1. The lowest BCUT2D eigenvalue weighted by Gasteiger charge is -2.30. The smallest absolute Gasteiger partial charge is 0.306 e. The molecule has 0 saturated carbocycles. The highest BCUT2D eigenvalue weighted by molar-refractivity contribution is 7.45. The Morgan fingerprint density at radius 2 is 0.771 bits per heavy atom. The lowest BCUT2D eigenvalue weighted by molar-refractivity contribution is -0.870. The van der Waals surface area contributed by atoms with Gasteiger partial charge in [-0.25, -0.2) is 0 Å². The van der Waals surface area contributed by atoms with Crippen molar-refractivity contribution < 1.29 is 37.3 Å². The molecule has 0 saturated heterocycles. The molecule has 0 aromatic rings. The summed E-state index contributed by atoms with van der Waals surface area (Å²) in [6.07, 6.45) is 84.9. The number of quaternary nitrogens is 1. The Kier molecular flexibility index (Phi) is 59.3. The van der Waals surface area contributed by atoms with Gasteiger partial charge in [0.2, 0.25) is 5.91 Å². The molecule has 0 aliphatic heterocycles. The summed E-state index contributed by atoms with van der Waals surface area (Å²) in [4.78, 5) is 40.1. The summed E-state index contributed by atoms with van der Waals surface area (Å²) >= 11 is 0. The lowest BCUT2D eigenvalue weighted by atomic mass is 10.0. The molecule has 0 aromatic heterocycles. The normalized spacial score (nSPS) is 14.3. The molecule has 0 radical (unpaired) electrons. The van der Waals surface area contributed by atoms with Gasteiger partial charge in [0, 0.05) is 12.8 Å². The Bertz CT molecular complexity index is 1790. The average Bonchev–Trinajstić information content (AvgIpc) is 3.51. The monoisotopic (exact) mass is 1180 g/mol. The van der Waals surface area contributed by atoms with Gasteiger partial charge in [0.15, 0.2) is 0 Å². The molecule has 83 heavy (non-hydrogen) atoms. The van der Waals surface area contributed by atoms with Crippen LogP contribution in [0.3, 0.4) is 0 Å². The van der Waals surface area contributed by atoms with E-state index in [2.05, 4.69) is 123 Å². The van der Waals surface area contributed by atoms with Gasteiger partial charge in [-0.1, -0.05) is 272 Å². The molecular weight excluding hydrogens is 1050 g/mol. The number of allylic oxidation sites excluding steroid dienone is 17. The Hall–Kier alpha value is -3.33. The number of phosphoric ester groups is 1. The number of ether oxygens (including phenoxy) is 1. The molecule has 0 aliphatic rings. The van der Waals surface area contributed by atoms with E-state index in [1.165, 1.54) is 128 Å². The topological polar surface area (TPSA) is 114 Å². The van der Waals surface area contributed by atoms with Gasteiger partial charge in [-0.15, -0.1) is 0 Å². The van der Waals surface area contributed by atoms with E-state index in [0.717, 1.165) is 122 Å². The molecule has 0 aromatic carbocycles. The van der Waals surface area contributed by atoms with E-state index in [-0.39, 0.29) is 24.9 Å². The average molecular weight is 1180 g/mol. The number of likely N-dealkylation sites (N-methyl/N-ethyl adjacent to an activating group) is 1. The highest BCUT2D eigenvalue weighted by Crippen LogP contribution is 2.38. The van der Waals surface area contributed by atoms with Crippen molar-refractivity contribution >= 4 is 19.7 Å². The van der Waals surface area contributed by atoms with Crippen molar-refractivity contribution in [1.82, 2.24) is 5.32 Å². The number of hydrogen-bond donors (Lipinski definition) is 1. The van der Waals surface area contributed by atoms with Crippen LogP contribution < -0.4 is 10.2 Å². The number of nitrogens with one attached hydrogen (secondary N) is 1. The number of esters is 1. The molecule has 3 unspecified atom stereocenters. The minimum Gasteiger partial charge on any atom is -0.756 e. The van der Waals surface area contributed by atoms with E-state index in [1.807, 2.05) is 33.3 Å². The molecule has 0 fully saturated rings. The van der Waals surface area contributed by atoms with Crippen LogP contribution in [0.15, 0.2) is 109 Å². The summed E-state index contributed by atoms with van der Waals surface area (Å²) in [5.41, 5.74) is 0. The van der Waals surface area contributed by atoms with E-state index in [9.17, 15) is 19.0 Å². The molecule has 0 aliphatic carbocycles. The second-order valence-corrected chi connectivity index (χ2v) is 25.4. The first-order valence-corrected chi connectivity index (χ1v) is 35.7. The highest BCUT2D eigenvalue weighted by atomic mass is 31.2. The van der Waals surface area contributed by atoms with Crippen LogP contribution in [0.5, 0.6) is 0 Å². The maximum absolute atomic E-state index is 13.6. The third-order valence-electron chi connectivity index (χ3n) is 14.7. The Labute approximate surface area is 512 Å². The van der Waals surface area contributed by atoms with Crippen LogP contribution in [0.2, 0.25) is 0 Å². The molecule has 0 bridgehead atoms. The summed E-state index contributed by atoms with van der Waals surface area (Å²) in [7, 11) is 1.16. The first-order valence-electron chi connectivity index (χ1n) is 34.2. The van der Waals surface area contributed by atoms with Gasteiger partial charge in [-0.2, -0.15) is 0 Å². The van der Waals surface area contributed by atoms with Crippen LogP contribution >= 0.6 is 7.82 Å². The third-order valence-corrected chi connectivity index (χ3v) is 15.7. The van der Waals surface area contributed by atoms with Gasteiger partial charge in [0.1, 0.15) is 19.3 Å². The van der Waals surface area contributed by atoms with Crippen molar-refractivity contribution in [3.05, 3.63) is 109 Å². The fraction of sp³-hybridized carbons (Fsp3) is 0.726. The molecule has 1 N–H and O–H groups in total. The number of nitrogens with zero attached hydrogens (tertiary/aromatic N) is 1. The van der Waals surface area contributed by atoms with Gasteiger partial charge < -0.3 is 28.5 Å². The fourth-order valence-corrected chi connectivity index (χ4v) is 10.2. The summed E-state index contributed by atoms with van der Waals surface area (Å²) in [5.74, 6) is -0.566. The van der Waals surface area contributed by atoms with Crippen LogP contribution in [-0.4, -0.2) is 69.4 Å². The number of rotatable bonds is 61. The molecule has 9 nitrogen and oxygen atoms in total. The zero-order chi connectivity index (χ0) is 60.7. The maximum Gasteiger partial charge on any atom is 0.306 e. The molecule has 0 heterocycles.